The minimum absolute atomic E-state index is 0.0417. The lowest BCUT2D eigenvalue weighted by Crippen LogP contribution is -2.41. The van der Waals surface area contributed by atoms with Gasteiger partial charge in [0.15, 0.2) is 0 Å². The van der Waals surface area contributed by atoms with Gasteiger partial charge < -0.3 is 15.2 Å². The number of ether oxygens (including phenoxy) is 1. The number of nitrogens with one attached hydrogen (secondary N) is 1. The highest BCUT2D eigenvalue weighted by Gasteiger charge is 2.21. The molecule has 1 atom stereocenters. The molecule has 0 spiro atoms. The van der Waals surface area contributed by atoms with Gasteiger partial charge in [-0.3, -0.25) is 4.79 Å². The largest absolute Gasteiger partial charge is 0.491 e. The minimum atomic E-state index is -0.892. The number of hydrogen-bond donors (Lipinski definition) is 2. The topological polar surface area (TPSA) is 58.6 Å². The van der Waals surface area contributed by atoms with Gasteiger partial charge in [0.2, 0.25) is 0 Å². The summed E-state index contributed by atoms with van der Waals surface area (Å²) in [6, 6.07) is 5.37. The van der Waals surface area contributed by atoms with Gasteiger partial charge in [0.05, 0.1) is 0 Å². The predicted molar refractivity (Wildman–Crippen MR) is 80.5 cm³/mol. The molecule has 0 aliphatic carbocycles. The van der Waals surface area contributed by atoms with Crippen LogP contribution in [0.25, 0.3) is 0 Å². The summed E-state index contributed by atoms with van der Waals surface area (Å²) in [6.45, 7) is 10.9. The molecule has 2 N–H and O–H groups in total. The molecule has 1 rings (SSSR count). The van der Waals surface area contributed by atoms with Gasteiger partial charge in [0.1, 0.15) is 18.4 Å². The summed E-state index contributed by atoms with van der Waals surface area (Å²) in [5.74, 6) is -0.126. The highest BCUT2D eigenvalue weighted by molar-refractivity contribution is 5.73. The highest BCUT2D eigenvalue weighted by Crippen LogP contribution is 2.32. The number of rotatable bonds is 6. The maximum atomic E-state index is 11.1. The number of carbonyl (C=O) groups is 1. The first-order valence-corrected chi connectivity index (χ1v) is 6.95. The Bertz CT molecular complexity index is 463. The third-order valence-corrected chi connectivity index (χ3v) is 3.10. The number of carboxylic acid groups (broad SMARTS) is 1. The lowest BCUT2D eigenvalue weighted by molar-refractivity contribution is -0.140. The van der Waals surface area contributed by atoms with Gasteiger partial charge in [-0.25, -0.2) is 0 Å². The summed E-state index contributed by atoms with van der Waals surface area (Å²) < 4.78 is 5.78. The van der Waals surface area contributed by atoms with Crippen LogP contribution in [0.4, 0.5) is 0 Å². The minimum Gasteiger partial charge on any atom is -0.491 e. The summed E-state index contributed by atoms with van der Waals surface area (Å²) in [6.07, 6.45) is 0. The van der Waals surface area contributed by atoms with Gasteiger partial charge in [-0.2, -0.15) is 0 Å². The molecular weight excluding hydrogens is 254 g/mol. The molecule has 0 fully saturated rings. The second-order valence-corrected chi connectivity index (χ2v) is 6.01. The molecule has 1 aromatic carbocycles. The van der Waals surface area contributed by atoms with E-state index in [9.17, 15) is 4.79 Å². The van der Waals surface area contributed by atoms with Crippen molar-refractivity contribution in [3.05, 3.63) is 29.3 Å². The molecule has 1 aromatic rings. The van der Waals surface area contributed by atoms with Crippen molar-refractivity contribution < 1.29 is 14.6 Å². The zero-order chi connectivity index (χ0) is 15.3. The Morgan fingerprint density at radius 1 is 1.40 bits per heavy atom. The molecule has 112 valence electrons. The van der Waals surface area contributed by atoms with E-state index >= 15 is 0 Å². The van der Waals surface area contributed by atoms with Gasteiger partial charge in [-0.15, -0.1) is 0 Å². The standard InChI is InChI=1S/C16H25NO3/c1-6-17-13(15(18)19)10-20-14-9-11(2)7-8-12(14)16(3,4)5/h7-9,13,17H,6,10H2,1-5H3,(H,18,19). The van der Waals surface area contributed by atoms with Crippen molar-refractivity contribution in [2.45, 2.75) is 46.1 Å². The lowest BCUT2D eigenvalue weighted by atomic mass is 9.86. The van der Waals surface area contributed by atoms with Crippen molar-refractivity contribution in [2.24, 2.45) is 0 Å². The van der Waals surface area contributed by atoms with Crippen molar-refractivity contribution >= 4 is 5.97 Å². The molecule has 1 unspecified atom stereocenters. The molecule has 0 amide bonds. The summed E-state index contributed by atoms with van der Waals surface area (Å²) >= 11 is 0. The SMILES string of the molecule is CCNC(COc1cc(C)ccc1C(C)(C)C)C(=O)O. The quantitative estimate of drug-likeness (QED) is 0.840. The van der Waals surface area contributed by atoms with Crippen molar-refractivity contribution in [2.75, 3.05) is 13.2 Å². The van der Waals surface area contributed by atoms with Gasteiger partial charge in [0, 0.05) is 0 Å². The van der Waals surface area contributed by atoms with Gasteiger partial charge in [-0.05, 0) is 36.1 Å². The molecule has 0 saturated carbocycles. The van der Waals surface area contributed by atoms with Crippen LogP contribution in [-0.4, -0.2) is 30.3 Å². The van der Waals surface area contributed by atoms with Crippen LogP contribution in [0.2, 0.25) is 0 Å². The molecule has 4 nitrogen and oxygen atoms in total. The molecule has 0 heterocycles. The molecule has 20 heavy (non-hydrogen) atoms. The molecule has 0 saturated heterocycles. The summed E-state index contributed by atoms with van der Waals surface area (Å²) in [7, 11) is 0. The van der Waals surface area contributed by atoms with Gasteiger partial charge >= 0.3 is 5.97 Å². The Morgan fingerprint density at radius 2 is 2.05 bits per heavy atom. The molecular formula is C16H25NO3. The number of benzene rings is 1. The summed E-state index contributed by atoms with van der Waals surface area (Å²) in [5.41, 5.74) is 2.15. The van der Waals surface area contributed by atoms with E-state index in [2.05, 4.69) is 26.1 Å². The first-order chi connectivity index (χ1) is 9.25. The average molecular weight is 279 g/mol. The van der Waals surface area contributed by atoms with Crippen LogP contribution in [0.3, 0.4) is 0 Å². The van der Waals surface area contributed by atoms with E-state index in [-0.39, 0.29) is 12.0 Å². The number of hydrogen-bond acceptors (Lipinski definition) is 3. The Morgan fingerprint density at radius 3 is 2.55 bits per heavy atom. The van der Waals surface area contributed by atoms with Crippen molar-refractivity contribution in [3.8, 4) is 5.75 Å². The van der Waals surface area contributed by atoms with Crippen LogP contribution in [0.15, 0.2) is 18.2 Å². The van der Waals surface area contributed by atoms with Crippen LogP contribution in [-0.2, 0) is 10.2 Å². The first kappa shape index (κ1) is 16.5. The molecule has 0 aliphatic rings. The summed E-state index contributed by atoms with van der Waals surface area (Å²) in [5, 5.41) is 12.0. The third-order valence-electron chi connectivity index (χ3n) is 3.10. The van der Waals surface area contributed by atoms with E-state index in [0.717, 1.165) is 16.9 Å². The molecule has 0 radical (unpaired) electrons. The van der Waals surface area contributed by atoms with E-state index in [1.807, 2.05) is 32.0 Å². The molecule has 0 bridgehead atoms. The van der Waals surface area contributed by atoms with E-state index in [1.54, 1.807) is 0 Å². The smallest absolute Gasteiger partial charge is 0.324 e. The summed E-state index contributed by atoms with van der Waals surface area (Å²) in [4.78, 5) is 11.1. The van der Waals surface area contributed by atoms with Crippen LogP contribution in [0.5, 0.6) is 5.75 Å². The first-order valence-electron chi connectivity index (χ1n) is 6.95. The normalized spacial score (nSPS) is 13.1. The second-order valence-electron chi connectivity index (χ2n) is 6.01. The number of aryl methyl sites for hydroxylation is 1. The average Bonchev–Trinajstić information content (AvgIpc) is 2.32. The lowest BCUT2D eigenvalue weighted by Gasteiger charge is -2.24. The Balaban J connectivity index is 2.91. The van der Waals surface area contributed by atoms with Crippen molar-refractivity contribution in [3.63, 3.8) is 0 Å². The molecule has 4 heteroatoms. The van der Waals surface area contributed by atoms with Crippen LogP contribution < -0.4 is 10.1 Å². The fourth-order valence-corrected chi connectivity index (χ4v) is 2.01. The fourth-order valence-electron chi connectivity index (χ4n) is 2.01. The number of carboxylic acids is 1. The highest BCUT2D eigenvalue weighted by atomic mass is 16.5. The molecule has 0 aromatic heterocycles. The van der Waals surface area contributed by atoms with Gasteiger partial charge in [-0.1, -0.05) is 39.8 Å². The van der Waals surface area contributed by atoms with E-state index in [0.29, 0.717) is 6.54 Å². The Kier molecular flexibility index (Phi) is 5.57. The Hall–Kier alpha value is -1.55. The van der Waals surface area contributed by atoms with Crippen molar-refractivity contribution in [1.29, 1.82) is 0 Å². The predicted octanol–water partition coefficient (Wildman–Crippen LogP) is 2.73. The number of likely N-dealkylation sites (N-methyl/N-ethyl adjacent to an activating group) is 1. The van der Waals surface area contributed by atoms with Crippen LogP contribution in [0.1, 0.15) is 38.8 Å². The van der Waals surface area contributed by atoms with Crippen LogP contribution in [0, 0.1) is 6.92 Å². The second kappa shape index (κ2) is 6.75. The van der Waals surface area contributed by atoms with Crippen LogP contribution >= 0.6 is 0 Å². The maximum Gasteiger partial charge on any atom is 0.324 e. The monoisotopic (exact) mass is 279 g/mol. The zero-order valence-electron chi connectivity index (χ0n) is 13.0. The van der Waals surface area contributed by atoms with E-state index in [4.69, 9.17) is 9.84 Å². The fraction of sp³-hybridized carbons (Fsp3) is 0.562. The maximum absolute atomic E-state index is 11.1. The molecule has 0 aliphatic heterocycles. The van der Waals surface area contributed by atoms with E-state index in [1.165, 1.54) is 0 Å². The van der Waals surface area contributed by atoms with E-state index < -0.39 is 12.0 Å². The third kappa shape index (κ3) is 4.53. The van der Waals surface area contributed by atoms with Crippen molar-refractivity contribution in [1.82, 2.24) is 5.32 Å². The zero-order valence-corrected chi connectivity index (χ0v) is 13.0. The van der Waals surface area contributed by atoms with Gasteiger partial charge in [0.25, 0.3) is 0 Å². The Labute approximate surface area is 121 Å². The number of aliphatic carboxylic acids is 1.